The van der Waals surface area contributed by atoms with E-state index in [0.29, 0.717) is 43.7 Å². The molecule has 0 unspecified atom stereocenters. The molecule has 4 rings (SSSR count). The monoisotopic (exact) mass is 404 g/mol. The number of piperidine rings is 1. The Morgan fingerprint density at radius 3 is 2.70 bits per heavy atom. The number of nitrogens with one attached hydrogen (secondary N) is 1. The summed E-state index contributed by atoms with van der Waals surface area (Å²) in [6.45, 7) is 5.73. The molecule has 5 nitrogen and oxygen atoms in total. The second kappa shape index (κ2) is 8.29. The van der Waals surface area contributed by atoms with Crippen molar-refractivity contribution >= 4 is 22.3 Å². The molecule has 0 amide bonds. The first-order valence-electron chi connectivity index (χ1n) is 10.2. The smallest absolute Gasteiger partial charge is 0.146 e. The van der Waals surface area contributed by atoms with E-state index in [-0.39, 0.29) is 11.9 Å². The SMILES string of the molecule is Cc1cc(C)c2ncc(C#N)c(NCc3ccc(N4CCC(O)CC4)c(F)c3)c2c1. The highest BCUT2D eigenvalue weighted by atomic mass is 19.1. The first kappa shape index (κ1) is 20.1. The van der Waals surface area contributed by atoms with E-state index in [1.807, 2.05) is 30.9 Å². The third-order valence-electron chi connectivity index (χ3n) is 5.71. The molecule has 2 aromatic carbocycles. The van der Waals surface area contributed by atoms with Gasteiger partial charge in [0.2, 0.25) is 0 Å². The topological polar surface area (TPSA) is 72.2 Å². The third kappa shape index (κ3) is 3.94. The highest BCUT2D eigenvalue weighted by Gasteiger charge is 2.20. The first-order valence-corrected chi connectivity index (χ1v) is 10.2. The number of rotatable bonds is 4. The van der Waals surface area contributed by atoms with E-state index < -0.39 is 0 Å². The van der Waals surface area contributed by atoms with Crippen LogP contribution in [0.3, 0.4) is 0 Å². The van der Waals surface area contributed by atoms with Crippen molar-refractivity contribution in [1.29, 1.82) is 5.26 Å². The molecule has 2 heterocycles. The Morgan fingerprint density at radius 2 is 2.00 bits per heavy atom. The van der Waals surface area contributed by atoms with E-state index >= 15 is 0 Å². The van der Waals surface area contributed by atoms with Crippen LogP contribution in [-0.2, 0) is 6.54 Å². The lowest BCUT2D eigenvalue weighted by Gasteiger charge is -2.31. The molecule has 1 saturated heterocycles. The quantitative estimate of drug-likeness (QED) is 0.673. The number of aryl methyl sites for hydroxylation is 2. The van der Waals surface area contributed by atoms with Gasteiger partial charge in [0.05, 0.1) is 28.6 Å². The fourth-order valence-electron chi connectivity index (χ4n) is 4.15. The Bertz CT molecular complexity index is 1130. The maximum atomic E-state index is 14.8. The number of hydrogen-bond donors (Lipinski definition) is 2. The number of aliphatic hydroxyl groups excluding tert-OH is 1. The number of hydrogen-bond acceptors (Lipinski definition) is 5. The zero-order valence-electron chi connectivity index (χ0n) is 17.2. The molecular formula is C24H25FN4O. The Morgan fingerprint density at radius 1 is 1.23 bits per heavy atom. The average Bonchev–Trinajstić information content (AvgIpc) is 2.72. The maximum Gasteiger partial charge on any atom is 0.146 e. The summed E-state index contributed by atoms with van der Waals surface area (Å²) in [6.07, 6.45) is 2.62. The molecule has 1 aromatic heterocycles. The van der Waals surface area contributed by atoms with Gasteiger partial charge in [-0.05, 0) is 56.0 Å². The van der Waals surface area contributed by atoms with Gasteiger partial charge < -0.3 is 15.3 Å². The van der Waals surface area contributed by atoms with Crippen molar-refractivity contribution < 1.29 is 9.50 Å². The maximum absolute atomic E-state index is 14.8. The van der Waals surface area contributed by atoms with Crippen molar-refractivity contribution in [2.45, 2.75) is 39.3 Å². The Balaban J connectivity index is 1.59. The van der Waals surface area contributed by atoms with E-state index in [0.717, 1.165) is 33.3 Å². The second-order valence-corrected chi connectivity index (χ2v) is 7.99. The largest absolute Gasteiger partial charge is 0.393 e. The molecule has 154 valence electrons. The number of halogens is 1. The van der Waals surface area contributed by atoms with E-state index in [1.165, 1.54) is 0 Å². The van der Waals surface area contributed by atoms with E-state index in [4.69, 9.17) is 0 Å². The summed E-state index contributed by atoms with van der Waals surface area (Å²) in [4.78, 5) is 6.43. The van der Waals surface area contributed by atoms with Gasteiger partial charge >= 0.3 is 0 Å². The predicted octanol–water partition coefficient (Wildman–Crippen LogP) is 4.44. The standard InChI is InChI=1S/C24H25FN4O/c1-15-9-16(2)23-20(10-15)24(18(12-26)14-28-23)27-13-17-3-4-22(21(25)11-17)29-7-5-19(30)6-8-29/h3-4,9-11,14,19,30H,5-8,13H2,1-2H3,(H,27,28). The highest BCUT2D eigenvalue weighted by Crippen LogP contribution is 2.30. The van der Waals surface area contributed by atoms with Gasteiger partial charge in [0.15, 0.2) is 0 Å². The molecule has 0 bridgehead atoms. The fraction of sp³-hybridized carbons (Fsp3) is 0.333. The number of nitriles is 1. The molecule has 1 aliphatic rings. The van der Waals surface area contributed by atoms with Crippen molar-refractivity contribution in [2.75, 3.05) is 23.3 Å². The lowest BCUT2D eigenvalue weighted by Crippen LogP contribution is -2.36. The number of fused-ring (bicyclic) bond motifs is 1. The summed E-state index contributed by atoms with van der Waals surface area (Å²) >= 11 is 0. The minimum atomic E-state index is -0.287. The Kier molecular flexibility index (Phi) is 5.56. The van der Waals surface area contributed by atoms with Crippen LogP contribution in [0.5, 0.6) is 0 Å². The van der Waals surface area contributed by atoms with Crippen LogP contribution >= 0.6 is 0 Å². The van der Waals surface area contributed by atoms with Gasteiger partial charge in [-0.25, -0.2) is 4.39 Å². The van der Waals surface area contributed by atoms with Crippen molar-refractivity contribution in [1.82, 2.24) is 4.98 Å². The number of pyridine rings is 1. The van der Waals surface area contributed by atoms with E-state index in [9.17, 15) is 14.8 Å². The van der Waals surface area contributed by atoms with E-state index in [1.54, 1.807) is 18.3 Å². The zero-order chi connectivity index (χ0) is 21.3. The van der Waals surface area contributed by atoms with Crippen LogP contribution in [0, 0.1) is 31.0 Å². The molecule has 0 radical (unpaired) electrons. The summed E-state index contributed by atoms with van der Waals surface area (Å²) in [5, 5.41) is 23.4. The molecule has 0 spiro atoms. The Hall–Kier alpha value is -3.17. The Labute approximate surface area is 175 Å². The van der Waals surface area contributed by atoms with Crippen LogP contribution in [0.25, 0.3) is 10.9 Å². The van der Waals surface area contributed by atoms with Crippen LogP contribution in [0.2, 0.25) is 0 Å². The molecule has 30 heavy (non-hydrogen) atoms. The van der Waals surface area contributed by atoms with Crippen LogP contribution < -0.4 is 10.2 Å². The molecular weight excluding hydrogens is 379 g/mol. The number of aromatic nitrogens is 1. The molecule has 0 aliphatic carbocycles. The minimum absolute atomic E-state index is 0.266. The molecule has 1 fully saturated rings. The lowest BCUT2D eigenvalue weighted by molar-refractivity contribution is 0.145. The number of anilines is 2. The van der Waals surface area contributed by atoms with Crippen molar-refractivity contribution in [3.05, 3.63) is 64.6 Å². The summed E-state index contributed by atoms with van der Waals surface area (Å²) < 4.78 is 14.8. The van der Waals surface area contributed by atoms with Crippen LogP contribution in [0.1, 0.15) is 35.1 Å². The molecule has 3 aromatic rings. The molecule has 2 N–H and O–H groups in total. The normalized spacial score (nSPS) is 14.7. The molecule has 6 heteroatoms. The number of aliphatic hydroxyl groups is 1. The third-order valence-corrected chi connectivity index (χ3v) is 5.71. The average molecular weight is 404 g/mol. The summed E-state index contributed by atoms with van der Waals surface area (Å²) in [7, 11) is 0. The van der Waals surface area contributed by atoms with Gasteiger partial charge in [-0.1, -0.05) is 17.7 Å². The highest BCUT2D eigenvalue weighted by molar-refractivity contribution is 5.96. The van der Waals surface area contributed by atoms with Gasteiger partial charge in [-0.3, -0.25) is 4.98 Å². The minimum Gasteiger partial charge on any atom is -0.393 e. The number of benzene rings is 2. The van der Waals surface area contributed by atoms with Crippen molar-refractivity contribution in [3.8, 4) is 6.07 Å². The van der Waals surface area contributed by atoms with Gasteiger partial charge in [-0.15, -0.1) is 0 Å². The van der Waals surface area contributed by atoms with Gasteiger partial charge in [0.1, 0.15) is 11.9 Å². The van der Waals surface area contributed by atoms with Crippen molar-refractivity contribution in [2.24, 2.45) is 0 Å². The zero-order valence-corrected chi connectivity index (χ0v) is 17.2. The van der Waals surface area contributed by atoms with Gasteiger partial charge in [0.25, 0.3) is 0 Å². The summed E-state index contributed by atoms with van der Waals surface area (Å²) in [5.74, 6) is -0.266. The van der Waals surface area contributed by atoms with Crippen LogP contribution in [0.4, 0.5) is 15.8 Å². The number of nitrogens with zero attached hydrogens (tertiary/aromatic N) is 3. The van der Waals surface area contributed by atoms with Crippen molar-refractivity contribution in [3.63, 3.8) is 0 Å². The first-order chi connectivity index (χ1) is 14.5. The van der Waals surface area contributed by atoms with Crippen LogP contribution in [-0.4, -0.2) is 29.3 Å². The fourth-order valence-corrected chi connectivity index (χ4v) is 4.15. The molecule has 0 saturated carbocycles. The van der Waals surface area contributed by atoms with Gasteiger partial charge in [0, 0.05) is 31.2 Å². The molecule has 1 aliphatic heterocycles. The summed E-state index contributed by atoms with van der Waals surface area (Å²) in [6, 6.07) is 11.5. The van der Waals surface area contributed by atoms with Gasteiger partial charge in [-0.2, -0.15) is 5.26 Å². The van der Waals surface area contributed by atoms with Crippen LogP contribution in [0.15, 0.2) is 36.5 Å². The second-order valence-electron chi connectivity index (χ2n) is 7.99. The lowest BCUT2D eigenvalue weighted by atomic mass is 10.0. The summed E-state index contributed by atoms with van der Waals surface area (Å²) in [5.41, 5.74) is 5.58. The van der Waals surface area contributed by atoms with E-state index in [2.05, 4.69) is 22.4 Å². The predicted molar refractivity (Wildman–Crippen MR) is 117 cm³/mol. The molecule has 0 atom stereocenters.